The molecular weight excluding hydrogens is 1540 g/mol. The number of nitrogens with zero attached hydrogens (tertiary/aromatic N) is 5. The number of aromatic amines is 1. The number of amides is 2. The maximum atomic E-state index is 13.2. The van der Waals surface area contributed by atoms with E-state index in [0.717, 1.165) is 52.3 Å². The van der Waals surface area contributed by atoms with Crippen molar-refractivity contribution < 1.29 is 69.6 Å². The summed E-state index contributed by atoms with van der Waals surface area (Å²) in [7, 11) is 4.75. The van der Waals surface area contributed by atoms with Crippen molar-refractivity contribution in [3.63, 3.8) is 0 Å². The number of carbonyl (C=O) groups is 2. The molecule has 2 amide bonds. The van der Waals surface area contributed by atoms with Gasteiger partial charge in [-0.2, -0.15) is 0 Å². The Morgan fingerprint density at radius 3 is 1.26 bits per heavy atom. The van der Waals surface area contributed by atoms with Crippen LogP contribution in [-0.2, 0) is 51.1 Å². The normalized spacial score (nSPS) is 18.0. The standard InChI is InChI=1S/C27H36BNO5.C27H30N2O4.2C6H6BrNO.C5H4BrNO.CH3I.Na.H/c1-20(21-12-14-23(15-13-21)28-33-25(2,3)26(4,5)34-28)29-18-17-27(16-9-19-30,32-24(29)31)22-10-7-6-8-11-22;1-20(21-9-11-22(12-10-21)23-13-16-28(2)25(31)19-23)29-17-15-27(14-6-18-30,33-26(29)32)24-7-4-3-5-8-24;2*1-8-3-2-5(7)4-6(8)9;6-4-1-2-7-5(8)3-4;1-2;;/h6-8,10-15,20,30H,9,16-19H2,1-5H3;3-5,7-13,16,19-20,30H,6,14-15,17-18H2,1-2H3;2*2-4H,1H3;1-3H,(H,7,8);1H3;;/q;;;;;;+1;-1/t2*20-,27+;;;;;;/m00....../s1. The number of alkyl halides is 1. The molecule has 96 heavy (non-hydrogen) atoms. The van der Waals surface area contributed by atoms with Gasteiger partial charge in [0.2, 0.25) is 5.56 Å². The number of pyridine rings is 4. The van der Waals surface area contributed by atoms with Gasteiger partial charge in [0.1, 0.15) is 11.2 Å². The summed E-state index contributed by atoms with van der Waals surface area (Å²) in [5.41, 5.74) is 4.46. The van der Waals surface area contributed by atoms with Crippen LogP contribution in [0, 0.1) is 0 Å². The zero-order chi connectivity index (χ0) is 69.7. The number of H-pyrrole nitrogens is 1. The van der Waals surface area contributed by atoms with E-state index in [9.17, 15) is 39.0 Å². The largest absolute Gasteiger partial charge is 1.00 e. The van der Waals surface area contributed by atoms with Crippen LogP contribution in [0.5, 0.6) is 0 Å². The Balaban J connectivity index is 0.000000291. The molecule has 3 N–H and O–H groups in total. The fraction of sp³-hybridized carbons (Fsp3) is 0.361. The SMILES string of the molecule is CI.C[C@@H](c1ccc(-c2ccn(C)c(=O)c2)cc1)N1CC[C@](CCCO)(c2ccccc2)OC1=O.C[C@@H](c1ccc(B2OC(C)(C)C(C)(C)O2)cc1)N1CC[C@](CCCO)(c2ccccc2)OC1=O.Cn1ccc(Br)cc1=O.Cn1ccc(Br)cc1=O.O=c1cc(Br)cc[nH]1.[H-].[Na+]. The molecule has 18 nitrogen and oxygen atoms in total. The fourth-order valence-corrected chi connectivity index (χ4v) is 11.7. The Kier molecular flexibility index (Phi) is 32.1. The molecule has 4 atom stereocenters. The van der Waals surface area contributed by atoms with Gasteiger partial charge in [-0.15, -0.1) is 0 Å². The molecule has 0 bridgehead atoms. The van der Waals surface area contributed by atoms with Crippen LogP contribution in [0.25, 0.3) is 11.1 Å². The van der Waals surface area contributed by atoms with E-state index in [-0.39, 0.29) is 102 Å². The minimum Gasteiger partial charge on any atom is -1.00 e. The molecule has 0 saturated carbocycles. The first-order valence-electron chi connectivity index (χ1n) is 31.1. The molecule has 4 aromatic heterocycles. The minimum atomic E-state index is -0.708. The molecule has 11 rings (SSSR count). The van der Waals surface area contributed by atoms with E-state index in [4.69, 9.17) is 18.8 Å². The van der Waals surface area contributed by atoms with Gasteiger partial charge in [-0.05, 0) is 135 Å². The summed E-state index contributed by atoms with van der Waals surface area (Å²) in [5.74, 6) is 0. The predicted octanol–water partition coefficient (Wildman–Crippen LogP) is 10.8. The Labute approximate surface area is 625 Å². The Hall–Kier alpha value is -5.71. The van der Waals surface area contributed by atoms with Gasteiger partial charge >= 0.3 is 48.9 Å². The quantitative estimate of drug-likeness (QED) is 0.0526. The second-order valence-corrected chi connectivity index (χ2v) is 26.8. The maximum Gasteiger partial charge on any atom is 1.00 e. The van der Waals surface area contributed by atoms with Crippen molar-refractivity contribution >= 4 is 95.1 Å². The van der Waals surface area contributed by atoms with Gasteiger partial charge in [0, 0.05) is 123 Å². The number of hydrogen-bond acceptors (Lipinski definition) is 12. The van der Waals surface area contributed by atoms with Crippen LogP contribution in [0.4, 0.5) is 9.59 Å². The van der Waals surface area contributed by atoms with Crippen LogP contribution in [0.2, 0.25) is 0 Å². The van der Waals surface area contributed by atoms with Crippen molar-refractivity contribution in [1.82, 2.24) is 28.5 Å². The van der Waals surface area contributed by atoms with Crippen molar-refractivity contribution in [2.75, 3.05) is 31.2 Å². The van der Waals surface area contributed by atoms with E-state index in [2.05, 4.69) is 75.4 Å². The van der Waals surface area contributed by atoms with Gasteiger partial charge < -0.3 is 58.9 Å². The van der Waals surface area contributed by atoms with Crippen LogP contribution in [-0.4, -0.2) is 100 Å². The molecule has 0 unspecified atom stereocenters. The molecule has 0 radical (unpaired) electrons. The van der Waals surface area contributed by atoms with Crippen LogP contribution in [0.1, 0.15) is 116 Å². The van der Waals surface area contributed by atoms with Gasteiger partial charge in [0.05, 0.1) is 23.3 Å². The van der Waals surface area contributed by atoms with Gasteiger partial charge in [-0.1, -0.05) is 180 Å². The van der Waals surface area contributed by atoms with Crippen molar-refractivity contribution in [2.45, 2.75) is 115 Å². The number of nitrogens with one attached hydrogen (secondary N) is 1. The van der Waals surface area contributed by atoms with Crippen LogP contribution in [0.15, 0.2) is 215 Å². The monoisotopic (exact) mass is 1620 g/mol. The molecule has 3 aliphatic heterocycles. The van der Waals surface area contributed by atoms with Crippen LogP contribution in [0.3, 0.4) is 0 Å². The summed E-state index contributed by atoms with van der Waals surface area (Å²) < 4.78 is 31.5. The summed E-state index contributed by atoms with van der Waals surface area (Å²) in [6.07, 6.45) is 9.80. The topological polar surface area (TPSA) is 217 Å². The zero-order valence-electron chi connectivity index (χ0n) is 57.3. The molecule has 3 saturated heterocycles. The van der Waals surface area contributed by atoms with Crippen LogP contribution < -0.4 is 57.3 Å². The summed E-state index contributed by atoms with van der Waals surface area (Å²) >= 11 is 11.7. The number of carbonyl (C=O) groups excluding carboxylic acids is 2. The smallest absolute Gasteiger partial charge is 1.00 e. The van der Waals surface area contributed by atoms with E-state index in [0.29, 0.717) is 51.6 Å². The predicted molar refractivity (Wildman–Crippen MR) is 395 cm³/mol. The second-order valence-electron chi connectivity index (χ2n) is 24.1. The van der Waals surface area contributed by atoms with E-state index < -0.39 is 18.3 Å². The number of rotatable bonds is 14. The third kappa shape index (κ3) is 22.1. The van der Waals surface area contributed by atoms with Gasteiger partial charge in [-0.25, -0.2) is 9.59 Å². The third-order valence-corrected chi connectivity index (χ3v) is 18.7. The van der Waals surface area contributed by atoms with Crippen molar-refractivity contribution in [3.05, 3.63) is 260 Å². The van der Waals surface area contributed by atoms with E-state index in [1.54, 1.807) is 67.9 Å². The molecule has 508 valence electrons. The summed E-state index contributed by atoms with van der Waals surface area (Å²) in [6, 6.07) is 48.9. The Bertz CT molecular complexity index is 3950. The van der Waals surface area contributed by atoms with E-state index in [1.807, 2.05) is 174 Å². The molecule has 0 spiro atoms. The molecule has 4 aromatic carbocycles. The number of cyclic esters (lactones) is 2. The van der Waals surface area contributed by atoms with Crippen molar-refractivity contribution in [3.8, 4) is 11.1 Å². The van der Waals surface area contributed by atoms with Gasteiger partial charge in [0.15, 0.2) is 0 Å². The summed E-state index contributed by atoms with van der Waals surface area (Å²) in [4.78, 5) is 78.2. The summed E-state index contributed by atoms with van der Waals surface area (Å²) in [6.45, 7) is 13.5. The van der Waals surface area contributed by atoms with E-state index >= 15 is 0 Å². The molecule has 7 heterocycles. The first kappa shape index (κ1) is 81.0. The Morgan fingerprint density at radius 1 is 0.531 bits per heavy atom. The molecule has 8 aromatic rings. The number of aliphatic hydroxyl groups excluding tert-OH is 2. The number of halogens is 4. The maximum absolute atomic E-state index is 13.2. The first-order valence-corrected chi connectivity index (χ1v) is 35.7. The number of aromatic nitrogens is 4. The van der Waals surface area contributed by atoms with Crippen molar-refractivity contribution in [1.29, 1.82) is 0 Å². The van der Waals surface area contributed by atoms with Crippen LogP contribution >= 0.6 is 70.4 Å². The third-order valence-electron chi connectivity index (χ3n) is 17.2. The Morgan fingerprint density at radius 2 is 0.917 bits per heavy atom. The molecule has 3 aliphatic rings. The van der Waals surface area contributed by atoms with Gasteiger partial charge in [-0.3, -0.25) is 19.2 Å². The fourth-order valence-electron chi connectivity index (χ4n) is 10.7. The van der Waals surface area contributed by atoms with Gasteiger partial charge in [0.25, 0.3) is 16.7 Å². The zero-order valence-corrected chi connectivity index (χ0v) is 65.3. The minimum absolute atomic E-state index is 0. The number of aryl methyl sites for hydroxylation is 3. The number of hydrogen-bond donors (Lipinski definition) is 3. The van der Waals surface area contributed by atoms with Crippen molar-refractivity contribution in [2.24, 2.45) is 21.1 Å². The first-order chi connectivity index (χ1) is 45.2. The average molecular weight is 1630 g/mol. The van der Waals surface area contributed by atoms with E-state index in [1.165, 1.54) is 31.9 Å². The summed E-state index contributed by atoms with van der Waals surface area (Å²) in [5, 5.41) is 18.8. The number of aliphatic hydroxyl groups is 2. The molecule has 24 heteroatoms. The number of benzene rings is 4. The molecule has 0 aliphatic carbocycles. The molecular formula is C72H86BBr3IN6NaO12. The average Bonchev–Trinajstić information content (AvgIpc) is 1.77. The molecule has 3 fully saturated rings. The second kappa shape index (κ2) is 38.0. The number of ether oxygens (including phenoxy) is 2.